The lowest BCUT2D eigenvalue weighted by atomic mass is 10.1. The molecule has 1 saturated carbocycles. The summed E-state index contributed by atoms with van der Waals surface area (Å²) in [6.45, 7) is 6.29. The van der Waals surface area contributed by atoms with Crippen LogP contribution in [0.2, 0.25) is 0 Å². The average Bonchev–Trinajstić information content (AvgIpc) is 3.40. The Hall–Kier alpha value is -1.75. The van der Waals surface area contributed by atoms with E-state index in [1.807, 2.05) is 30.9 Å². The van der Waals surface area contributed by atoms with Crippen molar-refractivity contribution >= 4 is 11.7 Å². The Bertz CT molecular complexity index is 599. The van der Waals surface area contributed by atoms with E-state index in [1.54, 1.807) is 7.11 Å². The van der Waals surface area contributed by atoms with Gasteiger partial charge >= 0.3 is 6.03 Å². The van der Waals surface area contributed by atoms with Crippen LogP contribution in [0, 0.1) is 19.8 Å². The number of rotatable bonds is 5. The predicted octanol–water partition coefficient (Wildman–Crippen LogP) is 3.73. The number of carbonyl (C=O) groups is 1. The van der Waals surface area contributed by atoms with Crippen LogP contribution in [0.25, 0.3) is 0 Å². The van der Waals surface area contributed by atoms with Crippen molar-refractivity contribution in [2.45, 2.75) is 45.6 Å². The van der Waals surface area contributed by atoms with Crippen LogP contribution in [0.1, 0.15) is 36.8 Å². The molecule has 0 radical (unpaired) electrons. The standard InChI is InChI=1S/C19H28N2O3/c1-13-9-17(14(2)18(10-13)23-3)20-19(22)21-8-4-5-16(11-21)24-12-15-6-7-15/h9-10,15-16H,4-8,11-12H2,1-3H3,(H,20,22)/t16-/m1/s1. The number of nitrogens with one attached hydrogen (secondary N) is 1. The van der Waals surface area contributed by atoms with Gasteiger partial charge in [-0.2, -0.15) is 0 Å². The highest BCUT2D eigenvalue weighted by molar-refractivity contribution is 5.90. The SMILES string of the molecule is COc1cc(C)cc(NC(=O)N2CCC[C@@H](OCC3CC3)C2)c1C. The van der Waals surface area contributed by atoms with Gasteiger partial charge in [0.1, 0.15) is 5.75 Å². The van der Waals surface area contributed by atoms with E-state index in [0.717, 1.165) is 54.5 Å². The maximum Gasteiger partial charge on any atom is 0.321 e. The van der Waals surface area contributed by atoms with Gasteiger partial charge in [-0.05, 0) is 63.1 Å². The molecule has 1 N–H and O–H groups in total. The number of anilines is 1. The molecule has 1 aromatic rings. The third-order valence-corrected chi connectivity index (χ3v) is 4.90. The van der Waals surface area contributed by atoms with E-state index in [9.17, 15) is 4.79 Å². The molecule has 2 amide bonds. The first-order chi connectivity index (χ1) is 11.6. The van der Waals surface area contributed by atoms with Crippen molar-refractivity contribution in [3.63, 3.8) is 0 Å². The lowest BCUT2D eigenvalue weighted by molar-refractivity contribution is 0.00597. The lowest BCUT2D eigenvalue weighted by Crippen LogP contribution is -2.45. The number of benzene rings is 1. The van der Waals surface area contributed by atoms with Crippen molar-refractivity contribution in [2.24, 2.45) is 5.92 Å². The number of ether oxygens (including phenoxy) is 2. The van der Waals surface area contributed by atoms with Crippen LogP contribution in [0.3, 0.4) is 0 Å². The number of aryl methyl sites for hydroxylation is 1. The monoisotopic (exact) mass is 332 g/mol. The normalized spacial score (nSPS) is 20.8. The largest absolute Gasteiger partial charge is 0.496 e. The van der Waals surface area contributed by atoms with Crippen LogP contribution in [0.15, 0.2) is 12.1 Å². The Labute approximate surface area is 144 Å². The Morgan fingerprint density at radius 3 is 2.79 bits per heavy atom. The van der Waals surface area contributed by atoms with Gasteiger partial charge < -0.3 is 19.7 Å². The highest BCUT2D eigenvalue weighted by atomic mass is 16.5. The van der Waals surface area contributed by atoms with Crippen molar-refractivity contribution in [1.29, 1.82) is 0 Å². The highest BCUT2D eigenvalue weighted by Crippen LogP contribution is 2.30. The number of carbonyl (C=O) groups excluding carboxylic acids is 1. The van der Waals surface area contributed by atoms with E-state index in [0.29, 0.717) is 6.54 Å². The zero-order valence-electron chi connectivity index (χ0n) is 14.9. The lowest BCUT2D eigenvalue weighted by Gasteiger charge is -2.33. The molecule has 132 valence electrons. The van der Waals surface area contributed by atoms with E-state index < -0.39 is 0 Å². The second-order valence-corrected chi connectivity index (χ2v) is 7.06. The zero-order valence-corrected chi connectivity index (χ0v) is 14.9. The molecule has 5 nitrogen and oxygen atoms in total. The highest BCUT2D eigenvalue weighted by Gasteiger charge is 2.27. The van der Waals surface area contributed by atoms with Crippen molar-refractivity contribution in [2.75, 3.05) is 32.1 Å². The fourth-order valence-electron chi connectivity index (χ4n) is 3.18. The number of nitrogens with zero attached hydrogens (tertiary/aromatic N) is 1. The summed E-state index contributed by atoms with van der Waals surface area (Å²) in [6, 6.07) is 3.92. The molecule has 0 bridgehead atoms. The molecule has 0 unspecified atom stereocenters. The molecule has 1 aliphatic carbocycles. The Morgan fingerprint density at radius 2 is 2.08 bits per heavy atom. The number of urea groups is 1. The Balaban J connectivity index is 1.60. The van der Waals surface area contributed by atoms with Crippen LogP contribution < -0.4 is 10.1 Å². The molecule has 0 aromatic heterocycles. The summed E-state index contributed by atoms with van der Waals surface area (Å²) in [5.74, 6) is 1.56. The van der Waals surface area contributed by atoms with Gasteiger partial charge in [0, 0.05) is 30.9 Å². The van der Waals surface area contributed by atoms with E-state index >= 15 is 0 Å². The van der Waals surface area contributed by atoms with Crippen molar-refractivity contribution < 1.29 is 14.3 Å². The van der Waals surface area contributed by atoms with E-state index in [2.05, 4.69) is 5.32 Å². The number of methoxy groups -OCH3 is 1. The third-order valence-electron chi connectivity index (χ3n) is 4.90. The first kappa shape index (κ1) is 17.1. The molecule has 2 fully saturated rings. The molecule has 5 heteroatoms. The van der Waals surface area contributed by atoms with Crippen molar-refractivity contribution in [1.82, 2.24) is 4.90 Å². The second-order valence-electron chi connectivity index (χ2n) is 7.06. The van der Waals surface area contributed by atoms with Gasteiger partial charge in [0.05, 0.1) is 13.2 Å². The third kappa shape index (κ3) is 4.20. The molecular weight excluding hydrogens is 304 g/mol. The number of likely N-dealkylation sites (tertiary alicyclic amines) is 1. The summed E-state index contributed by atoms with van der Waals surface area (Å²) in [7, 11) is 1.65. The summed E-state index contributed by atoms with van der Waals surface area (Å²) in [6.07, 6.45) is 4.82. The van der Waals surface area contributed by atoms with Gasteiger partial charge in [0.15, 0.2) is 0 Å². The molecule has 1 aliphatic heterocycles. The number of hydrogen-bond donors (Lipinski definition) is 1. The average molecular weight is 332 g/mol. The van der Waals surface area contributed by atoms with Crippen molar-refractivity contribution in [3.05, 3.63) is 23.3 Å². The molecule has 0 spiro atoms. The Morgan fingerprint density at radius 1 is 1.29 bits per heavy atom. The molecule has 1 aromatic carbocycles. The Kier molecular flexibility index (Phi) is 5.29. The first-order valence-corrected chi connectivity index (χ1v) is 8.89. The van der Waals surface area contributed by atoms with Gasteiger partial charge in [-0.15, -0.1) is 0 Å². The maximum atomic E-state index is 12.6. The van der Waals surface area contributed by atoms with Crippen LogP contribution >= 0.6 is 0 Å². The van der Waals surface area contributed by atoms with Gasteiger partial charge in [-0.1, -0.05) is 0 Å². The van der Waals surface area contributed by atoms with Gasteiger partial charge in [-0.25, -0.2) is 4.79 Å². The van der Waals surface area contributed by atoms with E-state index in [1.165, 1.54) is 12.8 Å². The van der Waals surface area contributed by atoms with Crippen LogP contribution in [-0.4, -0.2) is 43.8 Å². The summed E-state index contributed by atoms with van der Waals surface area (Å²) in [4.78, 5) is 14.5. The van der Waals surface area contributed by atoms with Crippen LogP contribution in [0.5, 0.6) is 5.75 Å². The minimum atomic E-state index is -0.0505. The van der Waals surface area contributed by atoms with Crippen LogP contribution in [-0.2, 0) is 4.74 Å². The smallest absolute Gasteiger partial charge is 0.321 e. The molecular formula is C19H28N2O3. The zero-order chi connectivity index (χ0) is 17.1. The van der Waals surface area contributed by atoms with E-state index in [-0.39, 0.29) is 12.1 Å². The second kappa shape index (κ2) is 7.43. The molecule has 1 heterocycles. The minimum absolute atomic E-state index is 0.0505. The van der Waals surface area contributed by atoms with Crippen LogP contribution in [0.4, 0.5) is 10.5 Å². The summed E-state index contributed by atoms with van der Waals surface area (Å²) in [5, 5.41) is 3.04. The molecule has 1 saturated heterocycles. The minimum Gasteiger partial charge on any atom is -0.496 e. The summed E-state index contributed by atoms with van der Waals surface area (Å²) < 4.78 is 11.4. The molecule has 3 rings (SSSR count). The maximum absolute atomic E-state index is 12.6. The number of amides is 2. The topological polar surface area (TPSA) is 50.8 Å². The molecule has 24 heavy (non-hydrogen) atoms. The van der Waals surface area contributed by atoms with Gasteiger partial charge in [0.2, 0.25) is 0 Å². The molecule has 2 aliphatic rings. The van der Waals surface area contributed by atoms with Crippen molar-refractivity contribution in [3.8, 4) is 5.75 Å². The fraction of sp³-hybridized carbons (Fsp3) is 0.632. The van der Waals surface area contributed by atoms with E-state index in [4.69, 9.17) is 9.47 Å². The number of piperidine rings is 1. The van der Waals surface area contributed by atoms with Gasteiger partial charge in [0.25, 0.3) is 0 Å². The predicted molar refractivity (Wildman–Crippen MR) is 94.8 cm³/mol. The summed E-state index contributed by atoms with van der Waals surface area (Å²) in [5.41, 5.74) is 2.84. The number of hydrogen-bond acceptors (Lipinski definition) is 3. The summed E-state index contributed by atoms with van der Waals surface area (Å²) >= 11 is 0. The van der Waals surface area contributed by atoms with Gasteiger partial charge in [-0.3, -0.25) is 0 Å². The first-order valence-electron chi connectivity index (χ1n) is 8.89. The quantitative estimate of drug-likeness (QED) is 0.894. The fourth-order valence-corrected chi connectivity index (χ4v) is 3.18. The molecule has 1 atom stereocenters.